The van der Waals surface area contributed by atoms with Gasteiger partial charge in [-0.25, -0.2) is 0 Å². The molecule has 0 aromatic heterocycles. The highest BCUT2D eigenvalue weighted by atomic mass is 15.1. The van der Waals surface area contributed by atoms with Crippen LogP contribution < -0.4 is 9.80 Å². The molecule has 0 aliphatic carbocycles. The van der Waals surface area contributed by atoms with Gasteiger partial charge in [-0.2, -0.15) is 0 Å². The third-order valence-electron chi connectivity index (χ3n) is 14.3. The van der Waals surface area contributed by atoms with Crippen molar-refractivity contribution in [1.29, 1.82) is 0 Å². The van der Waals surface area contributed by atoms with E-state index in [1.165, 1.54) is 105 Å². The van der Waals surface area contributed by atoms with E-state index in [1.807, 2.05) is 6.08 Å². The van der Waals surface area contributed by atoms with Gasteiger partial charge in [-0.3, -0.25) is 0 Å². The van der Waals surface area contributed by atoms with Gasteiger partial charge in [0.25, 0.3) is 0 Å². The first-order valence-corrected chi connectivity index (χ1v) is 24.2. The van der Waals surface area contributed by atoms with Crippen molar-refractivity contribution in [2.45, 2.75) is 38.5 Å². The molecule has 0 saturated heterocycles. The van der Waals surface area contributed by atoms with Crippen LogP contribution in [-0.4, -0.2) is 0 Å². The van der Waals surface area contributed by atoms with E-state index in [9.17, 15) is 0 Å². The van der Waals surface area contributed by atoms with Gasteiger partial charge in [0.15, 0.2) is 0 Å². The Morgan fingerprint density at radius 2 is 0.779 bits per heavy atom. The predicted molar refractivity (Wildman–Crippen MR) is 290 cm³/mol. The van der Waals surface area contributed by atoms with Crippen molar-refractivity contribution < 1.29 is 0 Å². The number of hydrogen-bond acceptors (Lipinski definition) is 2. The fourth-order valence-corrected chi connectivity index (χ4v) is 10.9. The lowest BCUT2D eigenvalue weighted by Crippen LogP contribution is -2.11. The summed E-state index contributed by atoms with van der Waals surface area (Å²) in [7, 11) is 0. The second-order valence-electron chi connectivity index (χ2n) is 18.3. The molecule has 326 valence electrons. The number of anilines is 5. The summed E-state index contributed by atoms with van der Waals surface area (Å²) in [5.74, 6) is 0. The molecule has 12 rings (SSSR count). The highest BCUT2D eigenvalue weighted by molar-refractivity contribution is 6.22. The SMILES string of the molecule is C=CCCC1=CN(c2ccc3c(-c4ccc(-c5ccccc5)cc4)c4cc(N5c6ccccc6CCc6ccccc65)ccc4c(-c4ccc(-c5ccccc5)cc4)c3c2)c2ccccc2CC1. The summed E-state index contributed by atoms with van der Waals surface area (Å²) in [4.78, 5) is 4.96. The maximum Gasteiger partial charge on any atom is 0.0493 e. The van der Waals surface area contributed by atoms with Crippen molar-refractivity contribution >= 4 is 50.0 Å². The van der Waals surface area contributed by atoms with E-state index in [2.05, 4.69) is 241 Å². The zero-order chi connectivity index (χ0) is 45.4. The van der Waals surface area contributed by atoms with Crippen LogP contribution in [0.5, 0.6) is 0 Å². The number of benzene rings is 10. The highest BCUT2D eigenvalue weighted by Crippen LogP contribution is 2.49. The van der Waals surface area contributed by atoms with E-state index in [1.54, 1.807) is 0 Å². The summed E-state index contributed by atoms with van der Waals surface area (Å²) < 4.78 is 0. The first-order chi connectivity index (χ1) is 33.7. The van der Waals surface area contributed by atoms with Crippen LogP contribution in [-0.2, 0) is 19.3 Å². The first-order valence-electron chi connectivity index (χ1n) is 24.2. The predicted octanol–water partition coefficient (Wildman–Crippen LogP) is 18.2. The molecule has 0 atom stereocenters. The van der Waals surface area contributed by atoms with Gasteiger partial charge in [-0.15, -0.1) is 6.58 Å². The molecule has 2 aliphatic heterocycles. The fraction of sp³-hybridized carbons (Fsp3) is 0.0909. The van der Waals surface area contributed by atoms with Crippen LogP contribution in [0.25, 0.3) is 66.1 Å². The van der Waals surface area contributed by atoms with Gasteiger partial charge in [0.2, 0.25) is 0 Å². The number of fused-ring (bicyclic) bond motifs is 5. The van der Waals surface area contributed by atoms with Crippen LogP contribution in [0, 0.1) is 0 Å². The molecule has 2 heteroatoms. The van der Waals surface area contributed by atoms with E-state index >= 15 is 0 Å². The highest BCUT2D eigenvalue weighted by Gasteiger charge is 2.25. The Hall–Kier alpha value is -8.20. The van der Waals surface area contributed by atoms with Gasteiger partial charge < -0.3 is 9.80 Å². The zero-order valence-electron chi connectivity index (χ0n) is 38.3. The Balaban J connectivity index is 1.15. The van der Waals surface area contributed by atoms with E-state index in [-0.39, 0.29) is 0 Å². The Morgan fingerprint density at radius 1 is 0.368 bits per heavy atom. The van der Waals surface area contributed by atoms with Gasteiger partial charge in [0.1, 0.15) is 0 Å². The van der Waals surface area contributed by atoms with E-state index in [0.717, 1.165) is 49.9 Å². The number of hydrogen-bond donors (Lipinski definition) is 0. The molecule has 68 heavy (non-hydrogen) atoms. The number of allylic oxidation sites excluding steroid dienone is 2. The molecule has 10 aromatic rings. The largest absolute Gasteiger partial charge is 0.317 e. The topological polar surface area (TPSA) is 6.48 Å². The molecular formula is C66H52N2. The summed E-state index contributed by atoms with van der Waals surface area (Å²) >= 11 is 0. The quantitative estimate of drug-likeness (QED) is 0.105. The molecule has 2 aliphatic rings. The number of nitrogens with zero attached hydrogens (tertiary/aromatic N) is 2. The van der Waals surface area contributed by atoms with Crippen LogP contribution in [0.1, 0.15) is 36.0 Å². The van der Waals surface area contributed by atoms with Crippen molar-refractivity contribution in [2.24, 2.45) is 0 Å². The zero-order valence-corrected chi connectivity index (χ0v) is 38.3. The summed E-state index contributed by atoms with van der Waals surface area (Å²) in [6, 6.07) is 81.3. The molecule has 10 aromatic carbocycles. The Morgan fingerprint density at radius 3 is 1.31 bits per heavy atom. The van der Waals surface area contributed by atoms with Gasteiger partial charge in [0.05, 0.1) is 0 Å². The average Bonchev–Trinajstić information content (AvgIpc) is 3.70. The van der Waals surface area contributed by atoms with Gasteiger partial charge in [-0.1, -0.05) is 188 Å². The third kappa shape index (κ3) is 7.58. The average molecular weight is 873 g/mol. The lowest BCUT2D eigenvalue weighted by molar-refractivity contribution is 0.855. The maximum absolute atomic E-state index is 4.07. The van der Waals surface area contributed by atoms with Crippen LogP contribution in [0.15, 0.2) is 243 Å². The molecular weight excluding hydrogens is 821 g/mol. The Labute approximate surface area is 400 Å². The second-order valence-corrected chi connectivity index (χ2v) is 18.3. The molecule has 0 spiro atoms. The molecule has 0 amide bonds. The molecule has 0 saturated carbocycles. The third-order valence-corrected chi connectivity index (χ3v) is 14.3. The smallest absolute Gasteiger partial charge is 0.0493 e. The first kappa shape index (κ1) is 41.2. The van der Waals surface area contributed by atoms with Crippen LogP contribution in [0.4, 0.5) is 28.4 Å². The monoisotopic (exact) mass is 872 g/mol. The molecule has 2 nitrogen and oxygen atoms in total. The van der Waals surface area contributed by atoms with Gasteiger partial charge in [-0.05, 0) is 164 Å². The van der Waals surface area contributed by atoms with Crippen LogP contribution >= 0.6 is 0 Å². The van der Waals surface area contributed by atoms with E-state index < -0.39 is 0 Å². The molecule has 0 radical (unpaired) electrons. The summed E-state index contributed by atoms with van der Waals surface area (Å²) in [5.41, 5.74) is 21.3. The summed E-state index contributed by atoms with van der Waals surface area (Å²) in [6.45, 7) is 4.07. The number of rotatable bonds is 9. The van der Waals surface area contributed by atoms with Crippen molar-refractivity contribution in [3.05, 3.63) is 260 Å². The van der Waals surface area contributed by atoms with Gasteiger partial charge >= 0.3 is 0 Å². The number of para-hydroxylation sites is 3. The Kier molecular flexibility index (Phi) is 10.8. The number of aryl methyl sites for hydroxylation is 3. The normalized spacial score (nSPS) is 13.3. The molecule has 0 unspecified atom stereocenters. The van der Waals surface area contributed by atoms with Gasteiger partial charge in [0, 0.05) is 34.6 Å². The summed E-state index contributed by atoms with van der Waals surface area (Å²) in [6.07, 6.45) is 10.5. The van der Waals surface area contributed by atoms with Crippen molar-refractivity contribution in [3.63, 3.8) is 0 Å². The Bertz CT molecular complexity index is 3460. The van der Waals surface area contributed by atoms with Crippen LogP contribution in [0.3, 0.4) is 0 Å². The van der Waals surface area contributed by atoms with E-state index in [0.29, 0.717) is 0 Å². The van der Waals surface area contributed by atoms with E-state index in [4.69, 9.17) is 0 Å². The molecule has 2 heterocycles. The maximum atomic E-state index is 4.07. The minimum absolute atomic E-state index is 0.964. The summed E-state index contributed by atoms with van der Waals surface area (Å²) in [5, 5.41) is 4.90. The molecule has 0 N–H and O–H groups in total. The van der Waals surface area contributed by atoms with Crippen molar-refractivity contribution in [1.82, 2.24) is 0 Å². The fourth-order valence-electron chi connectivity index (χ4n) is 10.9. The van der Waals surface area contributed by atoms with Crippen molar-refractivity contribution in [2.75, 3.05) is 9.80 Å². The lowest BCUT2D eigenvalue weighted by atomic mass is 9.84. The molecule has 0 bridgehead atoms. The lowest BCUT2D eigenvalue weighted by Gasteiger charge is -2.28. The minimum Gasteiger partial charge on any atom is -0.317 e. The van der Waals surface area contributed by atoms with Crippen LogP contribution in [0.2, 0.25) is 0 Å². The molecule has 0 fully saturated rings. The second kappa shape index (κ2) is 17.9. The minimum atomic E-state index is 0.964. The van der Waals surface area contributed by atoms with Crippen molar-refractivity contribution in [3.8, 4) is 44.5 Å². The standard InChI is InChI=1S/C66H52N2/c1-2-3-16-46-27-28-51-21-10-13-24-62(51)67(45-46)56-39-41-58-60(43-56)65(54-35-29-49(30-36-54)47-17-6-4-7-18-47)59-42-40-57(68-63-25-14-11-22-52(63)33-34-53-23-12-15-26-64(53)68)44-61(59)66(58)55-37-31-50(32-38-55)48-19-8-5-9-20-48/h2,4-15,17-26,29-32,35-45H,1,3,16,27-28,33-34H2.